The second-order valence-corrected chi connectivity index (χ2v) is 6.08. The molecular formula is C18H13NO2. The van der Waals surface area contributed by atoms with Crippen LogP contribution in [0.1, 0.15) is 44.7 Å². The largest absolute Gasteiger partial charge is 0.354 e. The van der Waals surface area contributed by atoms with Crippen molar-refractivity contribution in [3.05, 3.63) is 46.5 Å². The molecule has 0 unspecified atom stereocenters. The van der Waals surface area contributed by atoms with Crippen LogP contribution in [0.15, 0.2) is 24.3 Å². The van der Waals surface area contributed by atoms with Crippen LogP contribution < -0.4 is 0 Å². The Bertz CT molecular complexity index is 900. The third kappa shape index (κ3) is 1.38. The molecule has 0 amide bonds. The first-order chi connectivity index (χ1) is 10.2. The van der Waals surface area contributed by atoms with Gasteiger partial charge in [0.2, 0.25) is 0 Å². The number of H-pyrrole nitrogens is 1. The van der Waals surface area contributed by atoms with Crippen molar-refractivity contribution in [1.82, 2.24) is 4.98 Å². The van der Waals surface area contributed by atoms with Crippen LogP contribution in [0.4, 0.5) is 0 Å². The fraction of sp³-hybridized carbons (Fsp3) is 0.222. The van der Waals surface area contributed by atoms with Crippen molar-refractivity contribution in [1.29, 1.82) is 0 Å². The number of aryl methyl sites for hydroxylation is 2. The molecule has 21 heavy (non-hydrogen) atoms. The van der Waals surface area contributed by atoms with Crippen molar-refractivity contribution in [3.8, 4) is 0 Å². The normalized spacial score (nSPS) is 17.0. The molecule has 0 bridgehead atoms. The van der Waals surface area contributed by atoms with Gasteiger partial charge in [-0.2, -0.15) is 0 Å². The number of Topliss-reactive ketones (excluding diaryl/α,β-unsaturated/α-hetero) is 2. The van der Waals surface area contributed by atoms with Gasteiger partial charge in [-0.15, -0.1) is 0 Å². The van der Waals surface area contributed by atoms with Gasteiger partial charge in [0.05, 0.1) is 0 Å². The molecule has 1 aromatic heterocycles. The van der Waals surface area contributed by atoms with Gasteiger partial charge in [0, 0.05) is 45.8 Å². The number of nitrogens with one attached hydrogen (secondary N) is 1. The predicted molar refractivity (Wildman–Crippen MR) is 81.1 cm³/mol. The molecule has 5 rings (SSSR count). The molecule has 102 valence electrons. The molecule has 2 aliphatic rings. The van der Waals surface area contributed by atoms with Gasteiger partial charge in [-0.05, 0) is 48.2 Å². The minimum atomic E-state index is 0.239. The second-order valence-electron chi connectivity index (χ2n) is 6.08. The van der Waals surface area contributed by atoms with Crippen molar-refractivity contribution >= 4 is 33.4 Å². The lowest BCUT2D eigenvalue weighted by atomic mass is 10.0. The maximum Gasteiger partial charge on any atom is 0.163 e. The first-order valence-electron chi connectivity index (χ1n) is 7.38. The molecule has 3 nitrogen and oxygen atoms in total. The van der Waals surface area contributed by atoms with Gasteiger partial charge < -0.3 is 4.98 Å². The number of ketones is 2. The van der Waals surface area contributed by atoms with Crippen LogP contribution in [-0.2, 0) is 12.8 Å². The van der Waals surface area contributed by atoms with Crippen LogP contribution >= 0.6 is 0 Å². The van der Waals surface area contributed by atoms with E-state index in [2.05, 4.69) is 17.1 Å². The zero-order valence-electron chi connectivity index (χ0n) is 11.5. The SMILES string of the molecule is O=C1CCc2cc3c(cc21)[nH]c1cc2c(cc13)CCC2=O. The van der Waals surface area contributed by atoms with Crippen LogP contribution in [0.2, 0.25) is 0 Å². The highest BCUT2D eigenvalue weighted by molar-refractivity contribution is 6.14. The molecule has 2 aromatic carbocycles. The van der Waals surface area contributed by atoms with Crippen molar-refractivity contribution in [2.75, 3.05) is 0 Å². The lowest BCUT2D eigenvalue weighted by Gasteiger charge is -2.00. The highest BCUT2D eigenvalue weighted by Gasteiger charge is 2.23. The Morgan fingerprint density at radius 2 is 1.14 bits per heavy atom. The number of fused-ring (bicyclic) bond motifs is 5. The Balaban J connectivity index is 1.88. The number of hydrogen-bond donors (Lipinski definition) is 1. The average molecular weight is 275 g/mol. The molecule has 0 radical (unpaired) electrons. The van der Waals surface area contributed by atoms with Gasteiger partial charge in [-0.1, -0.05) is 0 Å². The van der Waals surface area contributed by atoms with E-state index in [4.69, 9.17) is 0 Å². The Morgan fingerprint density at radius 3 is 1.62 bits per heavy atom. The van der Waals surface area contributed by atoms with E-state index >= 15 is 0 Å². The van der Waals surface area contributed by atoms with E-state index in [0.29, 0.717) is 12.8 Å². The zero-order valence-corrected chi connectivity index (χ0v) is 11.5. The molecule has 1 N–H and O–H groups in total. The van der Waals surface area contributed by atoms with Crippen molar-refractivity contribution in [2.45, 2.75) is 25.7 Å². The fourth-order valence-corrected chi connectivity index (χ4v) is 3.79. The predicted octanol–water partition coefficient (Wildman–Crippen LogP) is 3.58. The molecule has 0 fully saturated rings. The average Bonchev–Trinajstić information content (AvgIpc) is 3.13. The second kappa shape index (κ2) is 3.61. The van der Waals surface area contributed by atoms with Crippen molar-refractivity contribution in [3.63, 3.8) is 0 Å². The maximum absolute atomic E-state index is 11.9. The summed E-state index contributed by atoms with van der Waals surface area (Å²) in [6.45, 7) is 0. The summed E-state index contributed by atoms with van der Waals surface area (Å²) in [6.07, 6.45) is 2.95. The standard InChI is InChI=1S/C18H13NO2/c20-17-3-1-9-5-13-14-6-10-2-4-18(21)12(10)8-16(14)19-15(13)7-11(9)17/h5-8,19H,1-4H2. The number of aromatic nitrogens is 1. The topological polar surface area (TPSA) is 49.9 Å². The Hall–Kier alpha value is -2.42. The number of aromatic amines is 1. The van der Waals surface area contributed by atoms with Crippen LogP contribution in [0.3, 0.4) is 0 Å². The van der Waals surface area contributed by atoms with Crippen molar-refractivity contribution < 1.29 is 9.59 Å². The van der Waals surface area contributed by atoms with E-state index < -0.39 is 0 Å². The van der Waals surface area contributed by atoms with E-state index in [9.17, 15) is 9.59 Å². The van der Waals surface area contributed by atoms with Gasteiger partial charge in [-0.3, -0.25) is 9.59 Å². The van der Waals surface area contributed by atoms with Gasteiger partial charge in [0.25, 0.3) is 0 Å². The molecule has 3 heteroatoms. The highest BCUT2D eigenvalue weighted by atomic mass is 16.1. The number of benzene rings is 2. The summed E-state index contributed by atoms with van der Waals surface area (Å²) < 4.78 is 0. The third-order valence-corrected chi connectivity index (χ3v) is 4.89. The highest BCUT2D eigenvalue weighted by Crippen LogP contribution is 2.35. The molecular weight excluding hydrogens is 262 g/mol. The number of carbonyl (C=O) groups excluding carboxylic acids is 2. The smallest absolute Gasteiger partial charge is 0.163 e. The zero-order chi connectivity index (χ0) is 14.1. The molecule has 0 saturated heterocycles. The quantitative estimate of drug-likeness (QED) is 0.681. The van der Waals surface area contributed by atoms with E-state index in [-0.39, 0.29) is 11.6 Å². The minimum absolute atomic E-state index is 0.239. The van der Waals surface area contributed by atoms with E-state index in [0.717, 1.165) is 46.1 Å². The summed E-state index contributed by atoms with van der Waals surface area (Å²) in [5, 5.41) is 2.33. The molecule has 0 atom stereocenters. The Kier molecular flexibility index (Phi) is 1.94. The third-order valence-electron chi connectivity index (χ3n) is 4.89. The molecule has 0 spiro atoms. The fourth-order valence-electron chi connectivity index (χ4n) is 3.79. The van der Waals surface area contributed by atoms with Gasteiger partial charge >= 0.3 is 0 Å². The van der Waals surface area contributed by atoms with E-state index in [1.807, 2.05) is 12.1 Å². The van der Waals surface area contributed by atoms with Gasteiger partial charge in [0.15, 0.2) is 11.6 Å². The summed E-state index contributed by atoms with van der Waals surface area (Å²) in [4.78, 5) is 27.1. The lowest BCUT2D eigenvalue weighted by molar-refractivity contribution is 0.0986. The van der Waals surface area contributed by atoms with E-state index in [1.54, 1.807) is 0 Å². The van der Waals surface area contributed by atoms with Crippen LogP contribution in [0.25, 0.3) is 21.8 Å². The first-order valence-corrected chi connectivity index (χ1v) is 7.38. The maximum atomic E-state index is 11.9. The van der Waals surface area contributed by atoms with Gasteiger partial charge in [0.1, 0.15) is 0 Å². The summed E-state index contributed by atoms with van der Waals surface area (Å²) in [5.41, 5.74) is 6.02. The first kappa shape index (κ1) is 11.3. The summed E-state index contributed by atoms with van der Waals surface area (Å²) in [6, 6.07) is 8.26. The lowest BCUT2D eigenvalue weighted by Crippen LogP contribution is -1.90. The van der Waals surface area contributed by atoms with E-state index in [1.165, 1.54) is 10.8 Å². The van der Waals surface area contributed by atoms with Crippen LogP contribution in [0.5, 0.6) is 0 Å². The minimum Gasteiger partial charge on any atom is -0.354 e. The number of rotatable bonds is 0. The molecule has 2 aliphatic carbocycles. The van der Waals surface area contributed by atoms with Gasteiger partial charge in [-0.25, -0.2) is 0 Å². The Labute approximate surface area is 121 Å². The monoisotopic (exact) mass is 275 g/mol. The summed E-state index contributed by atoms with van der Waals surface area (Å²) in [7, 11) is 0. The number of carbonyl (C=O) groups is 2. The molecule has 0 aliphatic heterocycles. The van der Waals surface area contributed by atoms with Crippen LogP contribution in [0, 0.1) is 0 Å². The Morgan fingerprint density at radius 1 is 0.667 bits per heavy atom. The molecule has 0 saturated carbocycles. The molecule has 3 aromatic rings. The summed E-state index contributed by atoms with van der Waals surface area (Å²) in [5.74, 6) is 0.478. The van der Waals surface area contributed by atoms with Crippen LogP contribution in [-0.4, -0.2) is 16.6 Å². The number of hydrogen-bond acceptors (Lipinski definition) is 2. The molecule has 1 heterocycles. The summed E-state index contributed by atoms with van der Waals surface area (Å²) >= 11 is 0. The van der Waals surface area contributed by atoms with Crippen molar-refractivity contribution in [2.24, 2.45) is 0 Å².